The quantitative estimate of drug-likeness (QED) is 0.349. The summed E-state index contributed by atoms with van der Waals surface area (Å²) in [6.45, 7) is 0.272. The third-order valence-electron chi connectivity index (χ3n) is 5.54. The van der Waals surface area contributed by atoms with Crippen LogP contribution in [0, 0.1) is 0 Å². The molecule has 0 aliphatic heterocycles. The molecule has 3 aromatic rings. The Morgan fingerprint density at radius 1 is 0.971 bits per heavy atom. The highest BCUT2D eigenvalue weighted by Crippen LogP contribution is 2.28. The SMILES string of the molecule is CNC(=O)C(Cc1ccccc1)N(Cc1cccc(OC)c1)C(=O)CSCc1c(Cl)cccc1Cl. The Morgan fingerprint density at radius 3 is 2.29 bits per heavy atom. The van der Waals surface area contributed by atoms with Gasteiger partial charge in [-0.3, -0.25) is 9.59 Å². The van der Waals surface area contributed by atoms with Crippen molar-refractivity contribution < 1.29 is 14.3 Å². The molecule has 1 atom stereocenters. The number of benzene rings is 3. The molecule has 0 saturated heterocycles. The van der Waals surface area contributed by atoms with Crippen LogP contribution >= 0.6 is 35.0 Å². The predicted molar refractivity (Wildman–Crippen MR) is 144 cm³/mol. The molecule has 0 aromatic heterocycles. The van der Waals surface area contributed by atoms with E-state index in [4.69, 9.17) is 27.9 Å². The van der Waals surface area contributed by atoms with Crippen molar-refractivity contribution in [3.05, 3.63) is 99.5 Å². The molecule has 184 valence electrons. The molecule has 1 N–H and O–H groups in total. The minimum Gasteiger partial charge on any atom is -0.497 e. The van der Waals surface area contributed by atoms with Crippen molar-refractivity contribution in [3.63, 3.8) is 0 Å². The molecule has 8 heteroatoms. The lowest BCUT2D eigenvalue weighted by atomic mass is 10.0. The van der Waals surface area contributed by atoms with Crippen LogP contribution in [-0.2, 0) is 28.3 Å². The van der Waals surface area contributed by atoms with Gasteiger partial charge in [0.1, 0.15) is 11.8 Å². The standard InChI is InChI=1S/C27H28Cl2N2O3S/c1-30-27(33)25(15-19-8-4-3-5-9-19)31(16-20-10-6-11-21(14-20)34-2)26(32)18-35-17-22-23(28)12-7-13-24(22)29/h3-14,25H,15-18H2,1-2H3,(H,30,33). The van der Waals surface area contributed by atoms with E-state index in [9.17, 15) is 9.59 Å². The van der Waals surface area contributed by atoms with E-state index in [2.05, 4.69) is 5.32 Å². The molecule has 5 nitrogen and oxygen atoms in total. The van der Waals surface area contributed by atoms with Gasteiger partial charge in [0.2, 0.25) is 11.8 Å². The molecule has 0 radical (unpaired) electrons. The summed E-state index contributed by atoms with van der Waals surface area (Å²) in [6, 6.07) is 21.9. The number of carbonyl (C=O) groups is 2. The zero-order valence-corrected chi connectivity index (χ0v) is 22.0. The summed E-state index contributed by atoms with van der Waals surface area (Å²) in [4.78, 5) is 28.2. The van der Waals surface area contributed by atoms with Gasteiger partial charge < -0.3 is 15.0 Å². The second kappa shape index (κ2) is 13.4. The first-order chi connectivity index (χ1) is 16.9. The highest BCUT2D eigenvalue weighted by Gasteiger charge is 2.29. The summed E-state index contributed by atoms with van der Waals surface area (Å²) in [6.07, 6.45) is 0.400. The third kappa shape index (κ3) is 7.66. The van der Waals surface area contributed by atoms with Crippen LogP contribution < -0.4 is 10.1 Å². The number of amides is 2. The number of hydrogen-bond donors (Lipinski definition) is 1. The van der Waals surface area contributed by atoms with Crippen LogP contribution in [-0.4, -0.2) is 42.7 Å². The molecule has 3 rings (SSSR count). The van der Waals surface area contributed by atoms with Gasteiger partial charge in [-0.2, -0.15) is 0 Å². The van der Waals surface area contributed by atoms with Crippen LogP contribution in [0.4, 0.5) is 0 Å². The van der Waals surface area contributed by atoms with Crippen molar-refractivity contribution in [2.24, 2.45) is 0 Å². The maximum atomic E-state index is 13.5. The molecular weight excluding hydrogens is 503 g/mol. The van der Waals surface area contributed by atoms with Crippen LogP contribution in [0.3, 0.4) is 0 Å². The Kier molecular flexibility index (Phi) is 10.3. The smallest absolute Gasteiger partial charge is 0.242 e. The van der Waals surface area contributed by atoms with Gasteiger partial charge in [0.15, 0.2) is 0 Å². The normalized spacial score (nSPS) is 11.5. The van der Waals surface area contributed by atoms with Gasteiger partial charge in [-0.15, -0.1) is 11.8 Å². The molecule has 0 aliphatic rings. The average Bonchev–Trinajstić information content (AvgIpc) is 2.88. The maximum absolute atomic E-state index is 13.5. The lowest BCUT2D eigenvalue weighted by Gasteiger charge is -2.31. The van der Waals surface area contributed by atoms with E-state index in [0.717, 1.165) is 16.7 Å². The lowest BCUT2D eigenvalue weighted by molar-refractivity contribution is -0.139. The lowest BCUT2D eigenvalue weighted by Crippen LogP contribution is -2.50. The molecule has 0 spiro atoms. The summed E-state index contributed by atoms with van der Waals surface area (Å²) in [5, 5.41) is 3.86. The summed E-state index contributed by atoms with van der Waals surface area (Å²) in [5.41, 5.74) is 2.64. The fourth-order valence-corrected chi connectivity index (χ4v) is 5.33. The number of rotatable bonds is 11. The van der Waals surface area contributed by atoms with E-state index >= 15 is 0 Å². The summed E-state index contributed by atoms with van der Waals surface area (Å²) >= 11 is 14.0. The van der Waals surface area contributed by atoms with Crippen LogP contribution in [0.5, 0.6) is 5.75 Å². The number of likely N-dealkylation sites (N-methyl/N-ethyl adjacent to an activating group) is 1. The van der Waals surface area contributed by atoms with Crippen molar-refractivity contribution in [3.8, 4) is 5.75 Å². The number of thioether (sulfide) groups is 1. The molecular formula is C27H28Cl2N2O3S. The number of ether oxygens (including phenoxy) is 1. The summed E-state index contributed by atoms with van der Waals surface area (Å²) < 4.78 is 5.35. The Hall–Kier alpha value is -2.67. The molecule has 0 aliphatic carbocycles. The summed E-state index contributed by atoms with van der Waals surface area (Å²) in [5.74, 6) is 0.987. The molecule has 0 bridgehead atoms. The van der Waals surface area contributed by atoms with Crippen LogP contribution in [0.25, 0.3) is 0 Å². The summed E-state index contributed by atoms with van der Waals surface area (Å²) in [7, 11) is 3.18. The van der Waals surface area contributed by atoms with Gasteiger partial charge in [-0.25, -0.2) is 0 Å². The van der Waals surface area contributed by atoms with Gasteiger partial charge in [-0.1, -0.05) is 71.7 Å². The van der Waals surface area contributed by atoms with E-state index in [-0.39, 0.29) is 24.1 Å². The monoisotopic (exact) mass is 530 g/mol. The van der Waals surface area contributed by atoms with E-state index in [1.807, 2.05) is 54.6 Å². The highest BCUT2D eigenvalue weighted by molar-refractivity contribution is 7.99. The van der Waals surface area contributed by atoms with Gasteiger partial charge in [0, 0.05) is 35.8 Å². The van der Waals surface area contributed by atoms with Crippen molar-refractivity contribution >= 4 is 46.8 Å². The number of carbonyl (C=O) groups excluding carboxylic acids is 2. The minimum atomic E-state index is -0.675. The molecule has 0 fully saturated rings. The van der Waals surface area contributed by atoms with Gasteiger partial charge in [0.05, 0.1) is 12.9 Å². The van der Waals surface area contributed by atoms with E-state index < -0.39 is 6.04 Å². The Morgan fingerprint density at radius 2 is 1.63 bits per heavy atom. The second-order valence-electron chi connectivity index (χ2n) is 7.89. The minimum absolute atomic E-state index is 0.148. The molecule has 1 unspecified atom stereocenters. The number of nitrogens with zero attached hydrogens (tertiary/aromatic N) is 1. The van der Waals surface area contributed by atoms with Gasteiger partial charge in [-0.05, 0) is 41.0 Å². The topological polar surface area (TPSA) is 58.6 Å². The van der Waals surface area contributed by atoms with Crippen LogP contribution in [0.2, 0.25) is 10.0 Å². The predicted octanol–water partition coefficient (Wildman–Crippen LogP) is 5.62. The van der Waals surface area contributed by atoms with Crippen LogP contribution in [0.15, 0.2) is 72.8 Å². The van der Waals surface area contributed by atoms with Crippen molar-refractivity contribution in [1.29, 1.82) is 0 Å². The van der Waals surface area contributed by atoms with Crippen molar-refractivity contribution in [2.45, 2.75) is 24.8 Å². The first-order valence-electron chi connectivity index (χ1n) is 11.1. The zero-order chi connectivity index (χ0) is 25.2. The van der Waals surface area contributed by atoms with E-state index in [1.165, 1.54) is 11.8 Å². The average molecular weight is 532 g/mol. The zero-order valence-electron chi connectivity index (χ0n) is 19.7. The third-order valence-corrected chi connectivity index (χ3v) is 7.19. The van der Waals surface area contributed by atoms with E-state index in [0.29, 0.717) is 28.0 Å². The highest BCUT2D eigenvalue weighted by atomic mass is 35.5. The Labute approximate surface area is 220 Å². The van der Waals surface area contributed by atoms with Crippen molar-refractivity contribution in [1.82, 2.24) is 10.2 Å². The first kappa shape index (κ1) is 26.9. The number of hydrogen-bond acceptors (Lipinski definition) is 4. The Bertz CT molecular complexity index is 1120. The number of methoxy groups -OCH3 is 1. The first-order valence-corrected chi connectivity index (χ1v) is 13.0. The number of halogens is 2. The molecule has 0 saturated carbocycles. The van der Waals surface area contributed by atoms with Gasteiger partial charge >= 0.3 is 0 Å². The maximum Gasteiger partial charge on any atom is 0.242 e. The second-order valence-corrected chi connectivity index (χ2v) is 9.69. The van der Waals surface area contributed by atoms with Crippen molar-refractivity contribution in [2.75, 3.05) is 19.9 Å². The van der Waals surface area contributed by atoms with Crippen LogP contribution in [0.1, 0.15) is 16.7 Å². The molecule has 3 aromatic carbocycles. The fourth-order valence-electron chi connectivity index (χ4n) is 3.68. The Balaban J connectivity index is 1.84. The molecule has 0 heterocycles. The van der Waals surface area contributed by atoms with Gasteiger partial charge in [0.25, 0.3) is 0 Å². The van der Waals surface area contributed by atoms with E-state index in [1.54, 1.807) is 37.3 Å². The molecule has 2 amide bonds. The number of nitrogens with one attached hydrogen (secondary N) is 1. The largest absolute Gasteiger partial charge is 0.497 e. The molecule has 35 heavy (non-hydrogen) atoms. The fraction of sp³-hybridized carbons (Fsp3) is 0.259.